The van der Waals surface area contributed by atoms with Crippen molar-refractivity contribution in [1.29, 1.82) is 0 Å². The Balaban J connectivity index is 1.38. The fraction of sp³-hybridized carbons (Fsp3) is 0. The number of rotatable bonds is 6. The first-order valence-corrected chi connectivity index (χ1v) is 19.6. The first-order chi connectivity index (χ1) is 25.3. The molecule has 0 amide bonds. The highest BCUT2D eigenvalue weighted by molar-refractivity contribution is 7.20. The third-order valence-electron chi connectivity index (χ3n) is 10.6. The quantitative estimate of drug-likeness (QED) is 0.124. The van der Waals surface area contributed by atoms with Crippen LogP contribution in [0.2, 0.25) is 0 Å². The summed E-state index contributed by atoms with van der Waals surface area (Å²) in [6.45, 7) is 0. The Morgan fingerprint density at radius 1 is 0.294 bits per heavy atom. The fourth-order valence-electron chi connectivity index (χ4n) is 8.55. The maximum Gasteiger partial charge on any atom is 0.179 e. The van der Waals surface area contributed by atoms with Crippen molar-refractivity contribution in [2.45, 2.75) is 0 Å². The average molecular weight is 667 g/mol. The summed E-state index contributed by atoms with van der Waals surface area (Å²) in [6, 6.07) is 76.1. The number of aromatic nitrogens is 2. The lowest BCUT2D eigenvalue weighted by molar-refractivity contribution is 1.17. The molecule has 0 saturated carbocycles. The number of nitrogens with zero attached hydrogens (tertiary/aromatic N) is 2. The molecular formula is C48H34N2Si. The van der Waals surface area contributed by atoms with E-state index < -0.39 is 8.07 Å². The Morgan fingerprint density at radius 3 is 1.33 bits per heavy atom. The summed E-state index contributed by atoms with van der Waals surface area (Å²) >= 11 is 0. The second-order valence-electron chi connectivity index (χ2n) is 13.3. The predicted molar refractivity (Wildman–Crippen MR) is 219 cm³/mol. The number of hydrogen-bond acceptors (Lipinski definition) is 0. The fourth-order valence-corrected chi connectivity index (χ4v) is 13.3. The van der Waals surface area contributed by atoms with Gasteiger partial charge in [0, 0.05) is 32.9 Å². The van der Waals surface area contributed by atoms with Gasteiger partial charge in [-0.15, -0.1) is 0 Å². The largest absolute Gasteiger partial charge is 0.309 e. The van der Waals surface area contributed by atoms with Crippen LogP contribution < -0.4 is 20.7 Å². The summed E-state index contributed by atoms with van der Waals surface area (Å²) in [5.41, 5.74) is 7.19. The molecule has 0 atom stereocenters. The molecule has 2 heterocycles. The Labute approximate surface area is 298 Å². The van der Waals surface area contributed by atoms with Gasteiger partial charge in [-0.25, -0.2) is 0 Å². The summed E-state index contributed by atoms with van der Waals surface area (Å²) in [7, 11) is -2.74. The number of benzene rings is 8. The third-order valence-corrected chi connectivity index (χ3v) is 15.4. The highest BCUT2D eigenvalue weighted by Gasteiger charge is 2.41. The molecule has 0 N–H and O–H groups in total. The van der Waals surface area contributed by atoms with E-state index in [-0.39, 0.29) is 0 Å². The van der Waals surface area contributed by atoms with Gasteiger partial charge >= 0.3 is 0 Å². The van der Waals surface area contributed by atoms with E-state index in [0.29, 0.717) is 0 Å². The van der Waals surface area contributed by atoms with Crippen molar-refractivity contribution in [3.8, 4) is 11.4 Å². The normalized spacial score (nSPS) is 11.9. The summed E-state index contributed by atoms with van der Waals surface area (Å²) < 4.78 is 4.94. The molecule has 0 radical (unpaired) electrons. The molecule has 0 aliphatic heterocycles. The van der Waals surface area contributed by atoms with Crippen LogP contribution in [-0.4, -0.2) is 17.2 Å². The van der Waals surface area contributed by atoms with Gasteiger partial charge in [0.25, 0.3) is 0 Å². The van der Waals surface area contributed by atoms with Gasteiger partial charge in [-0.3, -0.25) is 0 Å². The lowest BCUT2D eigenvalue weighted by Crippen LogP contribution is -2.74. The van der Waals surface area contributed by atoms with E-state index in [9.17, 15) is 0 Å². The molecule has 2 nitrogen and oxygen atoms in total. The highest BCUT2D eigenvalue weighted by atomic mass is 28.3. The van der Waals surface area contributed by atoms with Gasteiger partial charge in [-0.2, -0.15) is 0 Å². The van der Waals surface area contributed by atoms with Crippen molar-refractivity contribution in [2.24, 2.45) is 0 Å². The molecule has 0 bridgehead atoms. The Bertz CT molecular complexity index is 2730. The Kier molecular flexibility index (Phi) is 6.86. The van der Waals surface area contributed by atoms with E-state index in [1.54, 1.807) is 0 Å². The van der Waals surface area contributed by atoms with Gasteiger partial charge in [0.15, 0.2) is 8.07 Å². The van der Waals surface area contributed by atoms with Crippen molar-refractivity contribution in [2.75, 3.05) is 0 Å². The molecule has 10 aromatic rings. The van der Waals surface area contributed by atoms with Crippen molar-refractivity contribution in [3.63, 3.8) is 0 Å². The molecular weight excluding hydrogens is 633 g/mol. The van der Waals surface area contributed by atoms with E-state index in [1.165, 1.54) is 64.4 Å². The van der Waals surface area contributed by atoms with Crippen molar-refractivity contribution >= 4 is 72.4 Å². The molecule has 10 rings (SSSR count). The van der Waals surface area contributed by atoms with Crippen LogP contribution in [0.15, 0.2) is 206 Å². The Morgan fingerprint density at radius 2 is 0.765 bits per heavy atom. The van der Waals surface area contributed by atoms with Crippen molar-refractivity contribution in [3.05, 3.63) is 206 Å². The standard InChI is InChI=1S/C48H34N2Si/c1-6-18-35(19-7-1)49-44-29-17-16-28-43(44)47-45(49)33-32-42-41-31-30-40(34-46(41)50(48(42)47)36-20-8-2-9-21-36)51(37-22-10-3-11-23-37,38-24-12-4-13-25-38)39-26-14-5-15-27-39/h1-34H. The second kappa shape index (κ2) is 11.9. The SMILES string of the molecule is c1ccc(-n2c3ccccc3c3c2ccc2c4ccc([Si](c5ccccc5)(c5ccccc5)c5ccccc5)cc4n(-c4ccccc4)c23)cc1. The van der Waals surface area contributed by atoms with E-state index >= 15 is 0 Å². The molecule has 0 aliphatic carbocycles. The van der Waals surface area contributed by atoms with Crippen LogP contribution in [0.5, 0.6) is 0 Å². The zero-order valence-electron chi connectivity index (χ0n) is 28.0. The molecule has 2 aromatic heterocycles. The van der Waals surface area contributed by atoms with Crippen molar-refractivity contribution in [1.82, 2.24) is 9.13 Å². The molecule has 0 aliphatic rings. The zero-order chi connectivity index (χ0) is 33.8. The van der Waals surface area contributed by atoms with Crippen LogP contribution in [-0.2, 0) is 0 Å². The van der Waals surface area contributed by atoms with Gasteiger partial charge < -0.3 is 9.13 Å². The van der Waals surface area contributed by atoms with E-state index in [4.69, 9.17) is 0 Å². The predicted octanol–water partition coefficient (Wildman–Crippen LogP) is 9.26. The summed E-state index contributed by atoms with van der Waals surface area (Å²) in [4.78, 5) is 0. The first kappa shape index (κ1) is 29.5. The average Bonchev–Trinajstić information content (AvgIpc) is 3.73. The molecule has 0 spiro atoms. The van der Waals surface area contributed by atoms with Crippen LogP contribution in [0.4, 0.5) is 0 Å². The highest BCUT2D eigenvalue weighted by Crippen LogP contribution is 2.41. The van der Waals surface area contributed by atoms with E-state index in [1.807, 2.05) is 0 Å². The van der Waals surface area contributed by atoms with Gasteiger partial charge in [-0.05, 0) is 63.2 Å². The first-order valence-electron chi connectivity index (χ1n) is 17.6. The second-order valence-corrected chi connectivity index (χ2v) is 17.1. The van der Waals surface area contributed by atoms with E-state index in [0.717, 1.165) is 11.4 Å². The van der Waals surface area contributed by atoms with Crippen LogP contribution in [0.25, 0.3) is 55.0 Å². The maximum absolute atomic E-state index is 2.74. The summed E-state index contributed by atoms with van der Waals surface area (Å²) in [5.74, 6) is 0. The third kappa shape index (κ3) is 4.42. The van der Waals surface area contributed by atoms with Gasteiger partial charge in [0.1, 0.15) is 0 Å². The number of hydrogen-bond donors (Lipinski definition) is 0. The molecule has 8 aromatic carbocycles. The van der Waals surface area contributed by atoms with Crippen molar-refractivity contribution < 1.29 is 0 Å². The molecule has 0 unspecified atom stereocenters. The molecule has 0 saturated heterocycles. The molecule has 51 heavy (non-hydrogen) atoms. The minimum absolute atomic E-state index is 1.16. The number of para-hydroxylation sites is 3. The van der Waals surface area contributed by atoms with Crippen LogP contribution >= 0.6 is 0 Å². The van der Waals surface area contributed by atoms with Gasteiger partial charge in [0.05, 0.1) is 22.1 Å². The van der Waals surface area contributed by atoms with Crippen LogP contribution in [0.1, 0.15) is 0 Å². The van der Waals surface area contributed by atoms with Gasteiger partial charge in [0.2, 0.25) is 0 Å². The Hall–Kier alpha value is -6.42. The molecule has 240 valence electrons. The minimum Gasteiger partial charge on any atom is -0.309 e. The van der Waals surface area contributed by atoms with Crippen LogP contribution in [0, 0.1) is 0 Å². The smallest absolute Gasteiger partial charge is 0.179 e. The summed E-state index contributed by atoms with van der Waals surface area (Å²) in [6.07, 6.45) is 0. The monoisotopic (exact) mass is 666 g/mol. The lowest BCUT2D eigenvalue weighted by atomic mass is 10.1. The minimum atomic E-state index is -2.74. The maximum atomic E-state index is 2.53. The lowest BCUT2D eigenvalue weighted by Gasteiger charge is -2.34. The number of fused-ring (bicyclic) bond motifs is 7. The topological polar surface area (TPSA) is 9.86 Å². The van der Waals surface area contributed by atoms with Gasteiger partial charge in [-0.1, -0.05) is 164 Å². The summed E-state index contributed by atoms with van der Waals surface area (Å²) in [5, 5.41) is 10.5. The molecule has 3 heteroatoms. The molecule has 0 fully saturated rings. The van der Waals surface area contributed by atoms with Crippen LogP contribution in [0.3, 0.4) is 0 Å². The zero-order valence-corrected chi connectivity index (χ0v) is 29.0. The van der Waals surface area contributed by atoms with E-state index in [2.05, 4.69) is 215 Å².